The summed E-state index contributed by atoms with van der Waals surface area (Å²) in [5, 5.41) is 6.19. The zero-order valence-electron chi connectivity index (χ0n) is 6.75. The van der Waals surface area contributed by atoms with Crippen LogP contribution in [-0.4, -0.2) is 10.2 Å². The summed E-state index contributed by atoms with van der Waals surface area (Å²) < 4.78 is 25.3. The summed E-state index contributed by atoms with van der Waals surface area (Å²) in [6.45, 7) is 0. The molecule has 0 unspecified atom stereocenters. The highest BCUT2D eigenvalue weighted by molar-refractivity contribution is 7.12. The molecule has 1 aromatic heterocycles. The van der Waals surface area contributed by atoms with Crippen molar-refractivity contribution in [3.05, 3.63) is 39.5 Å². The molecule has 0 spiro atoms. The predicted molar refractivity (Wildman–Crippen MR) is 48.1 cm³/mol. The number of hydrogen-bond acceptors (Lipinski definition) is 3. The number of halogens is 2. The van der Waals surface area contributed by atoms with Crippen LogP contribution in [0.5, 0.6) is 0 Å². The van der Waals surface area contributed by atoms with Crippen LogP contribution >= 0.6 is 11.3 Å². The zero-order valence-corrected chi connectivity index (χ0v) is 7.57. The average molecular weight is 214 g/mol. The summed E-state index contributed by atoms with van der Waals surface area (Å²) in [7, 11) is 0. The van der Waals surface area contributed by atoms with Crippen LogP contribution < -0.4 is 4.87 Å². The van der Waals surface area contributed by atoms with Gasteiger partial charge in [-0.1, -0.05) is 11.3 Å². The topological polar surface area (TPSA) is 45.8 Å². The Balaban J connectivity index is 2.52. The first-order valence-corrected chi connectivity index (χ1v) is 4.49. The van der Waals surface area contributed by atoms with E-state index in [0.717, 1.165) is 23.5 Å². The Morgan fingerprint density at radius 1 is 1.29 bits per heavy atom. The third kappa shape index (κ3) is 1.56. The number of aromatic amines is 1. The van der Waals surface area contributed by atoms with E-state index < -0.39 is 11.6 Å². The summed E-state index contributed by atoms with van der Waals surface area (Å²) in [5.74, 6) is -1.87. The molecule has 14 heavy (non-hydrogen) atoms. The second kappa shape index (κ2) is 3.30. The average Bonchev–Trinajstić information content (AvgIpc) is 2.57. The molecular weight excluding hydrogens is 210 g/mol. The van der Waals surface area contributed by atoms with Gasteiger partial charge < -0.3 is 0 Å². The number of benzene rings is 1. The SMILES string of the molecule is O=c1[nH]nc(-c2ccc(F)c(F)c2)s1. The van der Waals surface area contributed by atoms with E-state index in [9.17, 15) is 13.6 Å². The van der Waals surface area contributed by atoms with Crippen LogP contribution in [-0.2, 0) is 0 Å². The van der Waals surface area contributed by atoms with Crippen LogP contribution in [0.1, 0.15) is 0 Å². The second-order valence-electron chi connectivity index (χ2n) is 2.55. The summed E-state index contributed by atoms with van der Waals surface area (Å²) in [6, 6.07) is 3.36. The van der Waals surface area contributed by atoms with Gasteiger partial charge in [0, 0.05) is 5.56 Å². The number of rotatable bonds is 1. The van der Waals surface area contributed by atoms with Crippen molar-refractivity contribution < 1.29 is 8.78 Å². The quantitative estimate of drug-likeness (QED) is 0.786. The normalized spacial score (nSPS) is 10.4. The lowest BCUT2D eigenvalue weighted by Crippen LogP contribution is -1.90. The van der Waals surface area contributed by atoms with Crippen LogP contribution in [0.3, 0.4) is 0 Å². The highest BCUT2D eigenvalue weighted by atomic mass is 32.1. The lowest BCUT2D eigenvalue weighted by molar-refractivity contribution is 0.509. The molecule has 6 heteroatoms. The molecule has 0 aliphatic carbocycles. The van der Waals surface area contributed by atoms with Gasteiger partial charge in [-0.15, -0.1) is 0 Å². The van der Waals surface area contributed by atoms with Crippen LogP contribution in [0.15, 0.2) is 23.0 Å². The van der Waals surface area contributed by atoms with Crippen molar-refractivity contribution in [2.24, 2.45) is 0 Å². The minimum atomic E-state index is -0.954. The van der Waals surface area contributed by atoms with Crippen molar-refractivity contribution >= 4 is 11.3 Å². The first-order valence-electron chi connectivity index (χ1n) is 3.68. The van der Waals surface area contributed by atoms with Gasteiger partial charge >= 0.3 is 4.87 Å². The highest BCUT2D eigenvalue weighted by Gasteiger charge is 2.07. The molecule has 0 amide bonds. The van der Waals surface area contributed by atoms with Gasteiger partial charge in [-0.3, -0.25) is 4.79 Å². The standard InChI is InChI=1S/C8H4F2N2OS/c9-5-2-1-4(3-6(5)10)7-11-12-8(13)14-7/h1-3H,(H,12,13). The number of aromatic nitrogens is 2. The van der Waals surface area contributed by atoms with Crippen molar-refractivity contribution in [2.75, 3.05) is 0 Å². The van der Waals surface area contributed by atoms with Crippen LogP contribution in [0.25, 0.3) is 10.6 Å². The number of H-pyrrole nitrogens is 1. The van der Waals surface area contributed by atoms with Gasteiger partial charge in [0.15, 0.2) is 11.6 Å². The van der Waals surface area contributed by atoms with E-state index in [0.29, 0.717) is 10.6 Å². The minimum Gasteiger partial charge on any atom is -0.255 e. The van der Waals surface area contributed by atoms with Crippen LogP contribution in [0.2, 0.25) is 0 Å². The molecule has 2 aromatic rings. The Morgan fingerprint density at radius 3 is 2.64 bits per heavy atom. The van der Waals surface area contributed by atoms with E-state index in [1.54, 1.807) is 0 Å². The maximum absolute atomic E-state index is 12.8. The maximum Gasteiger partial charge on any atom is 0.322 e. The van der Waals surface area contributed by atoms with Gasteiger partial charge in [0.2, 0.25) is 0 Å². The lowest BCUT2D eigenvalue weighted by atomic mass is 10.2. The van der Waals surface area contributed by atoms with Gasteiger partial charge in [0.1, 0.15) is 5.01 Å². The second-order valence-corrected chi connectivity index (χ2v) is 3.51. The number of nitrogens with one attached hydrogen (secondary N) is 1. The number of nitrogens with zero attached hydrogens (tertiary/aromatic N) is 1. The zero-order chi connectivity index (χ0) is 10.1. The molecule has 2 rings (SSSR count). The molecule has 0 fully saturated rings. The Morgan fingerprint density at radius 2 is 2.07 bits per heavy atom. The Kier molecular flexibility index (Phi) is 2.12. The van der Waals surface area contributed by atoms with Crippen LogP contribution in [0.4, 0.5) is 8.78 Å². The Labute approximate surface area is 81.0 Å². The minimum absolute atomic E-state index is 0.329. The van der Waals surface area contributed by atoms with E-state index in [1.165, 1.54) is 6.07 Å². The predicted octanol–water partition coefficient (Wildman–Crippen LogP) is 1.78. The smallest absolute Gasteiger partial charge is 0.255 e. The molecule has 72 valence electrons. The van der Waals surface area contributed by atoms with Crippen LogP contribution in [0, 0.1) is 11.6 Å². The van der Waals surface area contributed by atoms with E-state index >= 15 is 0 Å². The third-order valence-corrected chi connectivity index (χ3v) is 2.40. The fourth-order valence-electron chi connectivity index (χ4n) is 0.982. The van der Waals surface area contributed by atoms with Crippen molar-refractivity contribution in [1.29, 1.82) is 0 Å². The van der Waals surface area contributed by atoms with E-state index in [4.69, 9.17) is 0 Å². The third-order valence-electron chi connectivity index (χ3n) is 1.60. The molecular formula is C8H4F2N2OS. The van der Waals surface area contributed by atoms with Crippen molar-refractivity contribution in [3.63, 3.8) is 0 Å². The van der Waals surface area contributed by atoms with Gasteiger partial charge in [-0.2, -0.15) is 5.10 Å². The van der Waals surface area contributed by atoms with E-state index in [-0.39, 0.29) is 4.87 Å². The van der Waals surface area contributed by atoms with E-state index in [2.05, 4.69) is 10.2 Å². The summed E-state index contributed by atoms with van der Waals surface area (Å²) in [4.78, 5) is 10.4. The molecule has 3 nitrogen and oxygen atoms in total. The van der Waals surface area contributed by atoms with E-state index in [1.807, 2.05) is 0 Å². The molecule has 0 aliphatic rings. The first kappa shape index (κ1) is 9.01. The largest absolute Gasteiger partial charge is 0.322 e. The molecule has 0 atom stereocenters. The molecule has 1 aromatic carbocycles. The van der Waals surface area contributed by atoms with Gasteiger partial charge in [0.25, 0.3) is 0 Å². The summed E-state index contributed by atoms with van der Waals surface area (Å²) in [6.07, 6.45) is 0. The monoisotopic (exact) mass is 214 g/mol. The Bertz CT molecular complexity index is 520. The van der Waals surface area contributed by atoms with Crippen molar-refractivity contribution in [1.82, 2.24) is 10.2 Å². The van der Waals surface area contributed by atoms with Gasteiger partial charge in [-0.25, -0.2) is 13.9 Å². The lowest BCUT2D eigenvalue weighted by Gasteiger charge is -1.95. The fraction of sp³-hybridized carbons (Fsp3) is 0. The molecule has 1 heterocycles. The van der Waals surface area contributed by atoms with Crippen molar-refractivity contribution in [3.8, 4) is 10.6 Å². The molecule has 0 saturated heterocycles. The molecule has 1 N–H and O–H groups in total. The Hall–Kier alpha value is -1.56. The molecule has 0 bridgehead atoms. The molecule has 0 radical (unpaired) electrons. The fourth-order valence-corrected chi connectivity index (χ4v) is 1.59. The van der Waals surface area contributed by atoms with Gasteiger partial charge in [-0.05, 0) is 18.2 Å². The first-order chi connectivity index (χ1) is 6.66. The highest BCUT2D eigenvalue weighted by Crippen LogP contribution is 2.20. The van der Waals surface area contributed by atoms with Gasteiger partial charge in [0.05, 0.1) is 0 Å². The summed E-state index contributed by atoms with van der Waals surface area (Å²) >= 11 is 0.844. The van der Waals surface area contributed by atoms with Crippen molar-refractivity contribution in [2.45, 2.75) is 0 Å². The summed E-state index contributed by atoms with van der Waals surface area (Å²) in [5.41, 5.74) is 0.382. The molecule has 0 aliphatic heterocycles. The number of hydrogen-bond donors (Lipinski definition) is 1. The molecule has 0 saturated carbocycles. The maximum atomic E-state index is 12.8.